The summed E-state index contributed by atoms with van der Waals surface area (Å²) in [6, 6.07) is 4.15. The fourth-order valence-corrected chi connectivity index (χ4v) is 1.90. The lowest BCUT2D eigenvalue weighted by molar-refractivity contribution is 0.591. The van der Waals surface area contributed by atoms with E-state index >= 15 is 0 Å². The second kappa shape index (κ2) is 3.34. The predicted molar refractivity (Wildman–Crippen MR) is 64.9 cm³/mol. The summed E-state index contributed by atoms with van der Waals surface area (Å²) in [6.07, 6.45) is 1.64. The van der Waals surface area contributed by atoms with Gasteiger partial charge in [-0.1, -0.05) is 27.3 Å². The molecule has 3 heteroatoms. The Balaban J connectivity index is 2.88. The van der Waals surface area contributed by atoms with Crippen molar-refractivity contribution in [3.05, 3.63) is 41.0 Å². The molecule has 0 fully saturated rings. The van der Waals surface area contributed by atoms with Crippen molar-refractivity contribution in [2.24, 2.45) is 0 Å². The van der Waals surface area contributed by atoms with E-state index in [-0.39, 0.29) is 5.41 Å². The molecule has 0 spiro atoms. The van der Waals surface area contributed by atoms with E-state index in [2.05, 4.69) is 36.7 Å². The molecule has 0 saturated carbocycles. The first-order valence-electron chi connectivity index (χ1n) is 5.30. The summed E-state index contributed by atoms with van der Waals surface area (Å²) in [7, 11) is 0. The van der Waals surface area contributed by atoms with Crippen molar-refractivity contribution in [1.82, 2.24) is 9.38 Å². The average Bonchev–Trinajstić information content (AvgIpc) is 2.60. The van der Waals surface area contributed by atoms with Crippen molar-refractivity contribution in [3.63, 3.8) is 0 Å². The van der Waals surface area contributed by atoms with Crippen molar-refractivity contribution in [3.8, 4) is 0 Å². The highest BCUT2D eigenvalue weighted by molar-refractivity contribution is 5.59. The van der Waals surface area contributed by atoms with Gasteiger partial charge in [-0.15, -0.1) is 0 Å². The fourth-order valence-electron chi connectivity index (χ4n) is 1.90. The van der Waals surface area contributed by atoms with Gasteiger partial charge in [-0.2, -0.15) is 0 Å². The highest BCUT2D eigenvalue weighted by atomic mass is 15.1. The van der Waals surface area contributed by atoms with E-state index in [0.717, 1.165) is 11.3 Å². The maximum absolute atomic E-state index is 7.13. The van der Waals surface area contributed by atoms with Gasteiger partial charge in [0, 0.05) is 5.56 Å². The van der Waals surface area contributed by atoms with E-state index in [4.69, 9.17) is 6.57 Å². The second-order valence-electron chi connectivity index (χ2n) is 5.03. The SMILES string of the molecule is [C-]#[N+]c1cnc2c(C(C)(C)C)ccc(C)n12. The molecule has 16 heavy (non-hydrogen) atoms. The van der Waals surface area contributed by atoms with Crippen molar-refractivity contribution in [1.29, 1.82) is 0 Å². The van der Waals surface area contributed by atoms with E-state index < -0.39 is 0 Å². The van der Waals surface area contributed by atoms with Crippen LogP contribution in [-0.2, 0) is 5.41 Å². The van der Waals surface area contributed by atoms with E-state index in [0.29, 0.717) is 5.82 Å². The smallest absolute Gasteiger partial charge is 0.254 e. The van der Waals surface area contributed by atoms with E-state index in [1.807, 2.05) is 17.4 Å². The third-order valence-corrected chi connectivity index (χ3v) is 2.75. The molecule has 2 rings (SSSR count). The highest BCUT2D eigenvalue weighted by Crippen LogP contribution is 2.29. The standard InChI is InChI=1S/C13H15N3/c1-9-6-7-10(13(2,3)4)12-15-8-11(14-5)16(9)12/h6-8H,1-4H3. The van der Waals surface area contributed by atoms with Crippen LogP contribution in [0.25, 0.3) is 10.5 Å². The van der Waals surface area contributed by atoms with Crippen molar-refractivity contribution in [2.45, 2.75) is 33.1 Å². The summed E-state index contributed by atoms with van der Waals surface area (Å²) >= 11 is 0. The van der Waals surface area contributed by atoms with Crippen molar-refractivity contribution >= 4 is 11.5 Å². The Labute approximate surface area is 95.6 Å². The van der Waals surface area contributed by atoms with Crippen LogP contribution in [0.5, 0.6) is 0 Å². The van der Waals surface area contributed by atoms with Crippen LogP contribution in [0.4, 0.5) is 5.82 Å². The van der Waals surface area contributed by atoms with Crippen LogP contribution in [0, 0.1) is 13.5 Å². The molecule has 0 aliphatic rings. The van der Waals surface area contributed by atoms with Crippen LogP contribution < -0.4 is 0 Å². The molecular formula is C13H15N3. The minimum atomic E-state index is 0.0413. The molecule has 0 unspecified atom stereocenters. The Morgan fingerprint density at radius 3 is 2.56 bits per heavy atom. The number of aryl methyl sites for hydroxylation is 1. The zero-order chi connectivity index (χ0) is 11.9. The lowest BCUT2D eigenvalue weighted by Crippen LogP contribution is -2.13. The minimum Gasteiger partial charge on any atom is -0.362 e. The molecule has 0 aromatic carbocycles. The predicted octanol–water partition coefficient (Wildman–Crippen LogP) is 3.49. The van der Waals surface area contributed by atoms with Gasteiger partial charge in [-0.05, 0) is 24.5 Å². The molecule has 0 amide bonds. The van der Waals surface area contributed by atoms with Crippen molar-refractivity contribution < 1.29 is 0 Å². The van der Waals surface area contributed by atoms with E-state index in [9.17, 15) is 0 Å². The zero-order valence-electron chi connectivity index (χ0n) is 10.1. The number of nitrogens with zero attached hydrogens (tertiary/aromatic N) is 3. The largest absolute Gasteiger partial charge is 0.362 e. The molecule has 0 saturated heterocycles. The number of hydrogen-bond acceptors (Lipinski definition) is 1. The number of hydrogen-bond donors (Lipinski definition) is 0. The van der Waals surface area contributed by atoms with Crippen LogP contribution in [0.15, 0.2) is 18.3 Å². The number of aromatic nitrogens is 2. The third-order valence-electron chi connectivity index (χ3n) is 2.75. The molecule has 3 nitrogen and oxygen atoms in total. The molecule has 0 radical (unpaired) electrons. The van der Waals surface area contributed by atoms with Crippen LogP contribution in [0.2, 0.25) is 0 Å². The summed E-state index contributed by atoms with van der Waals surface area (Å²) < 4.78 is 1.92. The number of pyridine rings is 1. The molecular weight excluding hydrogens is 198 g/mol. The fraction of sp³-hybridized carbons (Fsp3) is 0.385. The molecule has 2 aromatic heterocycles. The molecule has 82 valence electrons. The summed E-state index contributed by atoms with van der Waals surface area (Å²) in [5, 5.41) is 0. The Kier molecular flexibility index (Phi) is 2.23. The van der Waals surface area contributed by atoms with Gasteiger partial charge in [0.1, 0.15) is 0 Å². The van der Waals surface area contributed by atoms with E-state index in [1.54, 1.807) is 6.20 Å². The van der Waals surface area contributed by atoms with Gasteiger partial charge < -0.3 is 4.85 Å². The molecule has 0 bridgehead atoms. The Morgan fingerprint density at radius 2 is 2.00 bits per heavy atom. The second-order valence-corrected chi connectivity index (χ2v) is 5.03. The van der Waals surface area contributed by atoms with Gasteiger partial charge >= 0.3 is 0 Å². The third kappa shape index (κ3) is 1.47. The first-order valence-corrected chi connectivity index (χ1v) is 5.30. The molecule has 0 atom stereocenters. The van der Waals surface area contributed by atoms with Crippen LogP contribution in [0.3, 0.4) is 0 Å². The summed E-state index contributed by atoms with van der Waals surface area (Å²) in [6.45, 7) is 15.6. The minimum absolute atomic E-state index is 0.0413. The lowest BCUT2D eigenvalue weighted by Gasteiger charge is -2.18. The monoisotopic (exact) mass is 213 g/mol. The number of fused-ring (bicyclic) bond motifs is 1. The van der Waals surface area contributed by atoms with Gasteiger partial charge in [0.15, 0.2) is 0 Å². The maximum atomic E-state index is 7.13. The molecule has 0 aliphatic heterocycles. The van der Waals surface area contributed by atoms with Crippen LogP contribution in [-0.4, -0.2) is 9.38 Å². The van der Waals surface area contributed by atoms with Crippen LogP contribution in [0.1, 0.15) is 32.0 Å². The molecule has 0 N–H and O–H groups in total. The normalized spacial score (nSPS) is 11.7. The first-order chi connectivity index (χ1) is 7.45. The highest BCUT2D eigenvalue weighted by Gasteiger charge is 2.21. The lowest BCUT2D eigenvalue weighted by atomic mass is 9.87. The van der Waals surface area contributed by atoms with E-state index in [1.165, 1.54) is 5.56 Å². The van der Waals surface area contributed by atoms with Gasteiger partial charge in [-0.25, -0.2) is 9.38 Å². The molecule has 2 aromatic rings. The van der Waals surface area contributed by atoms with Gasteiger partial charge in [-0.3, -0.25) is 0 Å². The Hall–Kier alpha value is -1.82. The van der Waals surface area contributed by atoms with Gasteiger partial charge in [0.25, 0.3) is 5.82 Å². The Morgan fingerprint density at radius 1 is 1.31 bits per heavy atom. The number of rotatable bonds is 0. The molecule has 0 aliphatic carbocycles. The number of imidazole rings is 1. The maximum Gasteiger partial charge on any atom is 0.254 e. The summed E-state index contributed by atoms with van der Waals surface area (Å²) in [5.74, 6) is 0.582. The zero-order valence-corrected chi connectivity index (χ0v) is 10.1. The average molecular weight is 213 g/mol. The topological polar surface area (TPSA) is 21.7 Å². The van der Waals surface area contributed by atoms with Crippen LogP contribution >= 0.6 is 0 Å². The van der Waals surface area contributed by atoms with Gasteiger partial charge in [0.2, 0.25) is 5.65 Å². The summed E-state index contributed by atoms with van der Waals surface area (Å²) in [5.41, 5.74) is 3.16. The van der Waals surface area contributed by atoms with Crippen molar-refractivity contribution in [2.75, 3.05) is 0 Å². The summed E-state index contributed by atoms with van der Waals surface area (Å²) in [4.78, 5) is 7.86. The quantitative estimate of drug-likeness (QED) is 0.614. The Bertz CT molecular complexity index is 579. The van der Waals surface area contributed by atoms with Gasteiger partial charge in [0.05, 0.1) is 11.9 Å². The molecule has 2 heterocycles. The first kappa shape index (κ1) is 10.7.